The minimum absolute atomic E-state index is 0.208. The molecular weight excluding hydrogens is 364 g/mol. The maximum atomic E-state index is 12.8. The summed E-state index contributed by atoms with van der Waals surface area (Å²) in [6, 6.07) is 12.5. The predicted octanol–water partition coefficient (Wildman–Crippen LogP) is 4.72. The summed E-state index contributed by atoms with van der Waals surface area (Å²) in [5.41, 5.74) is 2.58. The first kappa shape index (κ1) is 18.7. The average molecular weight is 383 g/mol. The van der Waals surface area contributed by atoms with E-state index in [9.17, 15) is 4.79 Å². The fourth-order valence-electron chi connectivity index (χ4n) is 2.68. The van der Waals surface area contributed by atoms with Gasteiger partial charge in [0.2, 0.25) is 0 Å². The van der Waals surface area contributed by atoms with Gasteiger partial charge >= 0.3 is 0 Å². The highest BCUT2D eigenvalue weighted by Crippen LogP contribution is 2.31. The zero-order valence-electron chi connectivity index (χ0n) is 15.1. The van der Waals surface area contributed by atoms with Crippen molar-refractivity contribution in [2.75, 3.05) is 18.7 Å². The third-order valence-corrected chi connectivity index (χ3v) is 4.21. The second-order valence-corrected chi connectivity index (χ2v) is 6.29. The van der Waals surface area contributed by atoms with Crippen molar-refractivity contribution in [2.45, 2.75) is 6.92 Å². The third-order valence-electron chi connectivity index (χ3n) is 3.97. The zero-order chi connectivity index (χ0) is 19.4. The normalized spacial score (nSPS) is 15.1. The van der Waals surface area contributed by atoms with E-state index in [1.165, 1.54) is 5.01 Å². The number of halogens is 1. The Morgan fingerprint density at radius 2 is 2.04 bits per heavy atom. The van der Waals surface area contributed by atoms with Gasteiger partial charge in [0.05, 0.1) is 24.1 Å². The molecule has 0 radical (unpaired) electrons. The molecule has 0 N–H and O–H groups in total. The van der Waals surface area contributed by atoms with E-state index in [2.05, 4.69) is 11.7 Å². The largest absolute Gasteiger partial charge is 0.493 e. The quantitative estimate of drug-likeness (QED) is 0.536. The molecule has 0 fully saturated rings. The molecule has 1 aliphatic rings. The maximum absolute atomic E-state index is 12.8. The Morgan fingerprint density at radius 3 is 2.74 bits per heavy atom. The molecule has 6 heteroatoms. The van der Waals surface area contributed by atoms with Crippen LogP contribution in [0.2, 0.25) is 5.02 Å². The molecule has 0 aromatic heterocycles. The third kappa shape index (κ3) is 4.04. The van der Waals surface area contributed by atoms with Crippen LogP contribution in [0.15, 0.2) is 65.8 Å². The molecule has 1 heterocycles. The van der Waals surface area contributed by atoms with Gasteiger partial charge in [0, 0.05) is 5.02 Å². The number of carbonyl (C=O) groups excluding carboxylic acids is 1. The number of ether oxygens (including phenoxy) is 2. The van der Waals surface area contributed by atoms with Crippen molar-refractivity contribution in [3.05, 3.63) is 71.3 Å². The van der Waals surface area contributed by atoms with Crippen molar-refractivity contribution >= 4 is 35.0 Å². The summed E-state index contributed by atoms with van der Waals surface area (Å²) in [6.07, 6.45) is 3.45. The Hall–Kier alpha value is -3.05. The number of anilines is 1. The first-order valence-corrected chi connectivity index (χ1v) is 8.70. The van der Waals surface area contributed by atoms with Gasteiger partial charge in [-0.15, -0.1) is 0 Å². The molecular formula is C21H19ClN2O3. The van der Waals surface area contributed by atoms with Gasteiger partial charge in [0.15, 0.2) is 11.5 Å². The summed E-state index contributed by atoms with van der Waals surface area (Å²) in [4.78, 5) is 12.8. The molecule has 0 saturated heterocycles. The van der Waals surface area contributed by atoms with E-state index < -0.39 is 0 Å². The Balaban J connectivity index is 1.90. The van der Waals surface area contributed by atoms with Crippen LogP contribution in [-0.2, 0) is 4.79 Å². The lowest BCUT2D eigenvalue weighted by atomic mass is 10.1. The first-order chi connectivity index (χ1) is 13.0. The zero-order valence-corrected chi connectivity index (χ0v) is 15.9. The van der Waals surface area contributed by atoms with Gasteiger partial charge in [-0.2, -0.15) is 10.1 Å². The van der Waals surface area contributed by atoms with Crippen LogP contribution in [-0.4, -0.2) is 25.3 Å². The highest BCUT2D eigenvalue weighted by Gasteiger charge is 2.28. The van der Waals surface area contributed by atoms with E-state index in [4.69, 9.17) is 21.1 Å². The Labute approximate surface area is 163 Å². The molecule has 2 aromatic rings. The lowest BCUT2D eigenvalue weighted by molar-refractivity contribution is -0.114. The minimum atomic E-state index is -0.208. The maximum Gasteiger partial charge on any atom is 0.280 e. The number of amides is 1. The van der Waals surface area contributed by atoms with E-state index >= 15 is 0 Å². The fraction of sp³-hybridized carbons (Fsp3) is 0.143. The van der Waals surface area contributed by atoms with Crippen molar-refractivity contribution in [3.63, 3.8) is 0 Å². The number of hydrogen-bond acceptors (Lipinski definition) is 4. The van der Waals surface area contributed by atoms with Gasteiger partial charge in [-0.1, -0.05) is 36.4 Å². The van der Waals surface area contributed by atoms with Crippen LogP contribution in [0.4, 0.5) is 5.69 Å². The van der Waals surface area contributed by atoms with Crippen LogP contribution in [0, 0.1) is 0 Å². The number of benzene rings is 2. The number of hydrogen-bond donors (Lipinski definition) is 0. The summed E-state index contributed by atoms with van der Waals surface area (Å²) in [7, 11) is 1.57. The molecule has 0 bridgehead atoms. The molecule has 0 spiro atoms. The molecule has 3 rings (SSSR count). The lowest BCUT2D eigenvalue weighted by Crippen LogP contribution is -2.21. The van der Waals surface area contributed by atoms with Gasteiger partial charge in [-0.05, 0) is 48.9 Å². The Morgan fingerprint density at radius 1 is 1.22 bits per heavy atom. The summed E-state index contributed by atoms with van der Waals surface area (Å²) < 4.78 is 10.9. The fourth-order valence-corrected chi connectivity index (χ4v) is 2.86. The smallest absolute Gasteiger partial charge is 0.280 e. The number of methoxy groups -OCH3 is 1. The van der Waals surface area contributed by atoms with E-state index in [0.717, 1.165) is 5.56 Å². The van der Waals surface area contributed by atoms with Crippen molar-refractivity contribution < 1.29 is 14.3 Å². The van der Waals surface area contributed by atoms with Crippen LogP contribution >= 0.6 is 11.6 Å². The summed E-state index contributed by atoms with van der Waals surface area (Å²) in [5.74, 6) is 0.988. The molecule has 0 saturated carbocycles. The summed E-state index contributed by atoms with van der Waals surface area (Å²) in [5, 5.41) is 6.27. The van der Waals surface area contributed by atoms with Gasteiger partial charge in [0.1, 0.15) is 6.61 Å². The second kappa shape index (κ2) is 8.10. The number of carbonyl (C=O) groups is 1. The van der Waals surface area contributed by atoms with Crippen LogP contribution in [0.1, 0.15) is 12.5 Å². The van der Waals surface area contributed by atoms with Gasteiger partial charge in [-0.3, -0.25) is 4.79 Å². The van der Waals surface area contributed by atoms with Crippen LogP contribution < -0.4 is 14.5 Å². The highest BCUT2D eigenvalue weighted by atomic mass is 35.5. The topological polar surface area (TPSA) is 51.1 Å². The predicted molar refractivity (Wildman–Crippen MR) is 109 cm³/mol. The van der Waals surface area contributed by atoms with Crippen molar-refractivity contribution in [3.8, 4) is 11.5 Å². The average Bonchev–Trinajstić information content (AvgIpc) is 2.95. The van der Waals surface area contributed by atoms with Crippen LogP contribution in [0.25, 0.3) is 6.08 Å². The van der Waals surface area contributed by atoms with E-state index in [0.29, 0.717) is 40.1 Å². The standard InChI is InChI=1S/C21H19ClN2O3/c1-4-10-27-19-9-8-15(12-20(19)26-3)11-18-14(2)23-24(21(18)25)17-7-5-6-16(22)13-17/h4-9,11-13H,1,10H2,2-3H3. The molecule has 1 aliphatic heterocycles. The number of hydrazone groups is 1. The number of nitrogens with zero attached hydrogens (tertiary/aromatic N) is 2. The SMILES string of the molecule is C=CCOc1ccc(C=C2C(=O)N(c3cccc(Cl)c3)N=C2C)cc1OC. The Kier molecular flexibility index (Phi) is 5.62. The second-order valence-electron chi connectivity index (χ2n) is 5.85. The molecule has 1 amide bonds. The molecule has 138 valence electrons. The molecule has 2 aromatic carbocycles. The molecule has 0 unspecified atom stereocenters. The van der Waals surface area contributed by atoms with Crippen LogP contribution in [0.3, 0.4) is 0 Å². The monoisotopic (exact) mass is 382 g/mol. The van der Waals surface area contributed by atoms with E-state index in [-0.39, 0.29) is 5.91 Å². The summed E-state index contributed by atoms with van der Waals surface area (Å²) in [6.45, 7) is 5.82. The number of rotatable bonds is 6. The van der Waals surface area contributed by atoms with Gasteiger partial charge in [0.25, 0.3) is 5.91 Å². The van der Waals surface area contributed by atoms with Crippen molar-refractivity contribution in [1.29, 1.82) is 0 Å². The van der Waals surface area contributed by atoms with Crippen molar-refractivity contribution in [1.82, 2.24) is 0 Å². The van der Waals surface area contributed by atoms with Gasteiger partial charge in [-0.25, -0.2) is 0 Å². The molecule has 0 aliphatic carbocycles. The first-order valence-electron chi connectivity index (χ1n) is 8.32. The lowest BCUT2D eigenvalue weighted by Gasteiger charge is -2.12. The van der Waals surface area contributed by atoms with E-state index in [1.54, 1.807) is 56.5 Å². The van der Waals surface area contributed by atoms with Gasteiger partial charge < -0.3 is 9.47 Å². The minimum Gasteiger partial charge on any atom is -0.493 e. The molecule has 0 atom stereocenters. The van der Waals surface area contributed by atoms with Crippen molar-refractivity contribution in [2.24, 2.45) is 5.10 Å². The molecule has 5 nitrogen and oxygen atoms in total. The summed E-state index contributed by atoms with van der Waals surface area (Å²) >= 11 is 6.02. The highest BCUT2D eigenvalue weighted by molar-refractivity contribution is 6.33. The van der Waals surface area contributed by atoms with Crippen LogP contribution in [0.5, 0.6) is 11.5 Å². The van der Waals surface area contributed by atoms with E-state index in [1.807, 2.05) is 12.1 Å². The Bertz CT molecular complexity index is 950. The molecule has 27 heavy (non-hydrogen) atoms.